The number of thiazole rings is 1. The highest BCUT2D eigenvalue weighted by atomic mass is 32.1. The predicted molar refractivity (Wildman–Crippen MR) is 98.0 cm³/mol. The topological polar surface area (TPSA) is 71.7 Å². The van der Waals surface area contributed by atoms with Crippen LogP contribution in [0.25, 0.3) is 10.2 Å². The Bertz CT molecular complexity index is 1260. The minimum atomic E-state index is -5.05. The van der Waals surface area contributed by atoms with Crippen LogP contribution < -0.4 is 4.80 Å². The lowest BCUT2D eigenvalue weighted by molar-refractivity contribution is -0.141. The minimum Gasteiger partial charge on any atom is -0.480 e. The highest BCUT2D eigenvalue weighted by molar-refractivity contribution is 7.16. The second kappa shape index (κ2) is 8.17. The summed E-state index contributed by atoms with van der Waals surface area (Å²) in [7, 11) is 0. The zero-order valence-corrected chi connectivity index (χ0v) is 16.3. The van der Waals surface area contributed by atoms with Gasteiger partial charge in [-0.3, -0.25) is 4.79 Å². The zero-order chi connectivity index (χ0) is 23.1. The molecule has 3 rings (SSSR count). The Balaban J connectivity index is 2.24. The summed E-state index contributed by atoms with van der Waals surface area (Å²) in [4.78, 5) is 27.5. The van der Waals surface area contributed by atoms with Gasteiger partial charge in [0.15, 0.2) is 16.4 Å². The average Bonchev–Trinajstić information content (AvgIpc) is 2.98. The Kier molecular flexibility index (Phi) is 5.94. The number of fused-ring (bicyclic) bond motifs is 1. The van der Waals surface area contributed by atoms with Crippen LogP contribution in [-0.2, 0) is 11.0 Å². The third-order valence-electron chi connectivity index (χ3n) is 4.37. The third-order valence-corrected chi connectivity index (χ3v) is 5.39. The molecule has 2 aromatic carbocycles. The van der Waals surface area contributed by atoms with Crippen molar-refractivity contribution in [2.24, 2.45) is 4.99 Å². The summed E-state index contributed by atoms with van der Waals surface area (Å²) in [5.41, 5.74) is -2.32. The molecule has 1 atom stereocenters. The van der Waals surface area contributed by atoms with Crippen molar-refractivity contribution >= 4 is 33.4 Å². The summed E-state index contributed by atoms with van der Waals surface area (Å²) in [5.74, 6) is -6.61. The summed E-state index contributed by atoms with van der Waals surface area (Å²) in [6.07, 6.45) is -5.07. The van der Waals surface area contributed by atoms with Crippen LogP contribution in [0.1, 0.15) is 35.3 Å². The second-order valence-corrected chi connectivity index (χ2v) is 7.37. The van der Waals surface area contributed by atoms with Crippen molar-refractivity contribution in [1.29, 1.82) is 0 Å². The number of amides is 1. The Morgan fingerprint density at radius 2 is 1.74 bits per heavy atom. The average molecular weight is 462 g/mol. The van der Waals surface area contributed by atoms with Crippen LogP contribution >= 0.6 is 11.3 Å². The predicted octanol–water partition coefficient (Wildman–Crippen LogP) is 4.92. The number of aromatic nitrogens is 1. The molecule has 1 unspecified atom stereocenters. The Morgan fingerprint density at radius 3 is 2.32 bits per heavy atom. The van der Waals surface area contributed by atoms with E-state index < -0.39 is 52.7 Å². The molecule has 12 heteroatoms. The molecule has 1 heterocycles. The SMILES string of the molecule is CCC(C(=O)O)n1c(=NC(=O)c2ccc(F)c(C(F)(F)F)c2)sc2cc(F)c(F)cc21. The van der Waals surface area contributed by atoms with E-state index in [1.165, 1.54) is 6.92 Å². The highest BCUT2D eigenvalue weighted by Crippen LogP contribution is 2.32. The first kappa shape index (κ1) is 22.5. The van der Waals surface area contributed by atoms with Gasteiger partial charge in [-0.15, -0.1) is 0 Å². The van der Waals surface area contributed by atoms with Gasteiger partial charge in [-0.25, -0.2) is 18.0 Å². The van der Waals surface area contributed by atoms with Gasteiger partial charge in [0.1, 0.15) is 11.9 Å². The number of halogens is 6. The first-order valence-electron chi connectivity index (χ1n) is 8.62. The van der Waals surface area contributed by atoms with Crippen molar-refractivity contribution in [3.05, 3.63) is 63.7 Å². The van der Waals surface area contributed by atoms with Crippen LogP contribution in [0.15, 0.2) is 35.3 Å². The molecule has 0 saturated heterocycles. The van der Waals surface area contributed by atoms with Gasteiger partial charge in [-0.2, -0.15) is 18.2 Å². The van der Waals surface area contributed by atoms with E-state index in [-0.39, 0.29) is 27.5 Å². The molecule has 0 aliphatic heterocycles. The highest BCUT2D eigenvalue weighted by Gasteiger charge is 2.34. The molecule has 3 aromatic rings. The van der Waals surface area contributed by atoms with Crippen molar-refractivity contribution in [2.75, 3.05) is 0 Å². The van der Waals surface area contributed by atoms with Crippen LogP contribution in [0, 0.1) is 17.5 Å². The summed E-state index contributed by atoms with van der Waals surface area (Å²) >= 11 is 0.653. The largest absolute Gasteiger partial charge is 0.480 e. The molecule has 164 valence electrons. The second-order valence-electron chi connectivity index (χ2n) is 6.36. The van der Waals surface area contributed by atoms with E-state index >= 15 is 0 Å². The van der Waals surface area contributed by atoms with Crippen LogP contribution in [0.2, 0.25) is 0 Å². The van der Waals surface area contributed by atoms with Crippen LogP contribution in [0.5, 0.6) is 0 Å². The number of carbonyl (C=O) groups is 2. The van der Waals surface area contributed by atoms with Crippen molar-refractivity contribution in [2.45, 2.75) is 25.6 Å². The van der Waals surface area contributed by atoms with E-state index in [4.69, 9.17) is 0 Å². The first-order chi connectivity index (χ1) is 14.4. The molecule has 0 bridgehead atoms. The molecule has 5 nitrogen and oxygen atoms in total. The summed E-state index contributed by atoms with van der Waals surface area (Å²) in [6.45, 7) is 1.50. The van der Waals surface area contributed by atoms with Gasteiger partial charge in [0.2, 0.25) is 0 Å². The first-order valence-corrected chi connectivity index (χ1v) is 9.44. The number of carboxylic acid groups (broad SMARTS) is 1. The monoisotopic (exact) mass is 462 g/mol. The maximum absolute atomic E-state index is 13.8. The lowest BCUT2D eigenvalue weighted by Gasteiger charge is -2.13. The van der Waals surface area contributed by atoms with Crippen LogP contribution in [-0.4, -0.2) is 21.6 Å². The van der Waals surface area contributed by atoms with Gasteiger partial charge >= 0.3 is 12.1 Å². The van der Waals surface area contributed by atoms with Gasteiger partial charge < -0.3 is 9.67 Å². The zero-order valence-electron chi connectivity index (χ0n) is 15.5. The van der Waals surface area contributed by atoms with Gasteiger partial charge in [0.05, 0.1) is 15.8 Å². The van der Waals surface area contributed by atoms with Crippen molar-refractivity contribution in [3.8, 4) is 0 Å². The van der Waals surface area contributed by atoms with Crippen LogP contribution in [0.4, 0.5) is 26.3 Å². The molecule has 31 heavy (non-hydrogen) atoms. The number of benzene rings is 2. The number of hydrogen-bond donors (Lipinski definition) is 1. The smallest absolute Gasteiger partial charge is 0.419 e. The fourth-order valence-electron chi connectivity index (χ4n) is 2.91. The minimum absolute atomic E-state index is 0.0176. The Morgan fingerprint density at radius 1 is 1.10 bits per heavy atom. The summed E-state index contributed by atoms with van der Waals surface area (Å²) < 4.78 is 80.7. The number of hydrogen-bond acceptors (Lipinski definition) is 3. The van der Waals surface area contributed by atoms with E-state index in [0.29, 0.717) is 17.4 Å². The molecule has 0 radical (unpaired) electrons. The van der Waals surface area contributed by atoms with E-state index in [9.17, 15) is 41.0 Å². The number of rotatable bonds is 4. The molecular formula is C19H12F6N2O3S. The van der Waals surface area contributed by atoms with Gasteiger partial charge in [0, 0.05) is 11.6 Å². The molecule has 1 amide bonds. The van der Waals surface area contributed by atoms with Gasteiger partial charge in [-0.1, -0.05) is 18.3 Å². The van der Waals surface area contributed by atoms with Crippen molar-refractivity contribution in [1.82, 2.24) is 4.57 Å². The van der Waals surface area contributed by atoms with Crippen molar-refractivity contribution in [3.63, 3.8) is 0 Å². The number of alkyl halides is 3. The summed E-state index contributed by atoms with van der Waals surface area (Å²) in [5, 5.41) is 9.48. The van der Waals surface area contributed by atoms with Gasteiger partial charge in [0.25, 0.3) is 5.91 Å². The fourth-order valence-corrected chi connectivity index (χ4v) is 3.98. The maximum atomic E-state index is 13.8. The standard InChI is InChI=1S/C19H12F6N2O3S/c1-2-13(17(29)30)27-14-6-11(21)12(22)7-15(14)31-18(27)26-16(28)8-3-4-10(20)9(5-8)19(23,24)25/h3-7,13H,2H2,1H3,(H,29,30). The maximum Gasteiger partial charge on any atom is 0.419 e. The summed E-state index contributed by atoms with van der Waals surface area (Å²) in [6, 6.07) is 1.76. The Labute approximate surface area is 173 Å². The van der Waals surface area contributed by atoms with Gasteiger partial charge in [-0.05, 0) is 30.7 Å². The normalized spacial score (nSPS) is 13.6. The third kappa shape index (κ3) is 4.33. The van der Waals surface area contributed by atoms with Crippen LogP contribution in [0.3, 0.4) is 0 Å². The van der Waals surface area contributed by atoms with E-state index in [1.54, 1.807) is 0 Å². The molecule has 1 N–H and O–H groups in total. The Hall–Kier alpha value is -3.15. The lowest BCUT2D eigenvalue weighted by Crippen LogP contribution is -2.27. The number of aliphatic carboxylic acids is 1. The number of carbonyl (C=O) groups excluding carboxylic acids is 1. The number of carboxylic acids is 1. The molecule has 1 aromatic heterocycles. The molecular weight excluding hydrogens is 450 g/mol. The molecule has 0 aliphatic carbocycles. The lowest BCUT2D eigenvalue weighted by atomic mass is 10.1. The molecule has 0 spiro atoms. The van der Waals surface area contributed by atoms with E-state index in [0.717, 1.165) is 22.8 Å². The quantitative estimate of drug-likeness (QED) is 0.560. The number of nitrogens with zero attached hydrogens (tertiary/aromatic N) is 2. The van der Waals surface area contributed by atoms with E-state index in [1.807, 2.05) is 0 Å². The molecule has 0 aliphatic rings. The molecule has 0 saturated carbocycles. The van der Waals surface area contributed by atoms with E-state index in [2.05, 4.69) is 4.99 Å². The van der Waals surface area contributed by atoms with Crippen molar-refractivity contribution < 1.29 is 41.0 Å². The molecule has 0 fully saturated rings. The fraction of sp³-hybridized carbons (Fsp3) is 0.211.